The number of rotatable bonds is 8. The molecule has 1 aromatic carbocycles. The third-order valence-electron chi connectivity index (χ3n) is 4.49. The zero-order chi connectivity index (χ0) is 15.1. The van der Waals surface area contributed by atoms with Gasteiger partial charge in [-0.1, -0.05) is 32.8 Å². The van der Waals surface area contributed by atoms with Crippen LogP contribution in [0.4, 0.5) is 0 Å². The van der Waals surface area contributed by atoms with Crippen molar-refractivity contribution in [2.45, 2.75) is 52.0 Å². The normalized spacial score (nSPS) is 16.9. The first kappa shape index (κ1) is 16.2. The summed E-state index contributed by atoms with van der Waals surface area (Å²) in [6, 6.07) is 6.69. The molecule has 0 saturated heterocycles. The van der Waals surface area contributed by atoms with Crippen LogP contribution in [0.15, 0.2) is 18.2 Å². The second-order valence-corrected chi connectivity index (χ2v) is 5.86. The number of hydrogen-bond acceptors (Lipinski definition) is 3. The van der Waals surface area contributed by atoms with Crippen molar-refractivity contribution in [3.05, 3.63) is 23.8 Å². The van der Waals surface area contributed by atoms with E-state index in [4.69, 9.17) is 9.47 Å². The molecule has 0 radical (unpaired) electrons. The molecule has 1 fully saturated rings. The highest BCUT2D eigenvalue weighted by molar-refractivity contribution is 5.43. The smallest absolute Gasteiger partial charge is 0.161 e. The van der Waals surface area contributed by atoms with E-state index < -0.39 is 0 Å². The van der Waals surface area contributed by atoms with Crippen LogP contribution in [0.1, 0.15) is 45.1 Å². The SMILES string of the molecule is CCNC(COc1ccc(CC)cc1OC)C1CCCC1. The van der Waals surface area contributed by atoms with Crippen LogP contribution in [0.2, 0.25) is 0 Å². The standard InChI is InChI=1S/C18H29NO2/c1-4-14-10-11-17(18(12-14)20-3)21-13-16(19-5-2)15-8-6-7-9-15/h10-12,15-16,19H,4-9,13H2,1-3H3. The van der Waals surface area contributed by atoms with Gasteiger partial charge in [-0.2, -0.15) is 0 Å². The highest BCUT2D eigenvalue weighted by atomic mass is 16.5. The Kier molecular flexibility index (Phi) is 6.37. The Hall–Kier alpha value is -1.22. The molecule has 2 rings (SSSR count). The summed E-state index contributed by atoms with van der Waals surface area (Å²) in [5.74, 6) is 2.46. The van der Waals surface area contributed by atoms with Crippen molar-refractivity contribution in [2.24, 2.45) is 5.92 Å². The van der Waals surface area contributed by atoms with Crippen molar-refractivity contribution in [3.8, 4) is 11.5 Å². The van der Waals surface area contributed by atoms with Crippen LogP contribution >= 0.6 is 0 Å². The second-order valence-electron chi connectivity index (χ2n) is 5.86. The summed E-state index contributed by atoms with van der Waals surface area (Å²) >= 11 is 0. The van der Waals surface area contributed by atoms with Crippen molar-refractivity contribution >= 4 is 0 Å². The minimum Gasteiger partial charge on any atom is -0.493 e. The van der Waals surface area contributed by atoms with Crippen LogP contribution in [-0.4, -0.2) is 26.3 Å². The molecule has 1 aliphatic rings. The van der Waals surface area contributed by atoms with Gasteiger partial charge in [-0.15, -0.1) is 0 Å². The predicted molar refractivity (Wildman–Crippen MR) is 87.3 cm³/mol. The van der Waals surface area contributed by atoms with E-state index >= 15 is 0 Å². The largest absolute Gasteiger partial charge is 0.493 e. The molecule has 0 aromatic heterocycles. The fraction of sp³-hybridized carbons (Fsp3) is 0.667. The van der Waals surface area contributed by atoms with E-state index in [9.17, 15) is 0 Å². The van der Waals surface area contributed by atoms with Gasteiger partial charge in [0.2, 0.25) is 0 Å². The Morgan fingerprint density at radius 1 is 1.19 bits per heavy atom. The third-order valence-corrected chi connectivity index (χ3v) is 4.49. The monoisotopic (exact) mass is 291 g/mol. The molecule has 1 unspecified atom stereocenters. The average molecular weight is 291 g/mol. The van der Waals surface area contributed by atoms with E-state index in [1.807, 2.05) is 6.07 Å². The summed E-state index contributed by atoms with van der Waals surface area (Å²) in [7, 11) is 1.71. The fourth-order valence-electron chi connectivity index (χ4n) is 3.21. The maximum absolute atomic E-state index is 6.07. The fourth-order valence-corrected chi connectivity index (χ4v) is 3.21. The number of aryl methyl sites for hydroxylation is 1. The molecule has 3 heteroatoms. The van der Waals surface area contributed by atoms with Crippen LogP contribution in [0.25, 0.3) is 0 Å². The van der Waals surface area contributed by atoms with Crippen LogP contribution in [0, 0.1) is 5.92 Å². The van der Waals surface area contributed by atoms with Gasteiger partial charge in [-0.25, -0.2) is 0 Å². The minimum absolute atomic E-state index is 0.452. The molecule has 1 aliphatic carbocycles. The molecule has 0 spiro atoms. The molecule has 1 saturated carbocycles. The Balaban J connectivity index is 1.99. The van der Waals surface area contributed by atoms with Gasteiger partial charge < -0.3 is 14.8 Å². The summed E-state index contributed by atoms with van der Waals surface area (Å²) in [5, 5.41) is 3.59. The molecule has 0 heterocycles. The highest BCUT2D eigenvalue weighted by Crippen LogP contribution is 2.31. The van der Waals surface area contributed by atoms with E-state index in [1.165, 1.54) is 31.2 Å². The zero-order valence-corrected chi connectivity index (χ0v) is 13.7. The number of benzene rings is 1. The topological polar surface area (TPSA) is 30.5 Å². The van der Waals surface area contributed by atoms with Crippen LogP contribution < -0.4 is 14.8 Å². The average Bonchev–Trinajstić information content (AvgIpc) is 3.05. The second kappa shape index (κ2) is 8.28. The molecule has 0 amide bonds. The van der Waals surface area contributed by atoms with Crippen LogP contribution in [0.3, 0.4) is 0 Å². The summed E-state index contributed by atoms with van der Waals surface area (Å²) < 4.78 is 11.5. The van der Waals surface area contributed by atoms with Gasteiger partial charge in [0, 0.05) is 6.04 Å². The first-order valence-electron chi connectivity index (χ1n) is 8.31. The number of nitrogens with one attached hydrogen (secondary N) is 1. The lowest BCUT2D eigenvalue weighted by Crippen LogP contribution is -2.40. The Labute approximate surface area is 129 Å². The van der Waals surface area contributed by atoms with Crippen molar-refractivity contribution in [1.82, 2.24) is 5.32 Å². The molecule has 118 valence electrons. The minimum atomic E-state index is 0.452. The van der Waals surface area contributed by atoms with E-state index in [2.05, 4.69) is 31.3 Å². The Morgan fingerprint density at radius 3 is 2.57 bits per heavy atom. The lowest BCUT2D eigenvalue weighted by atomic mass is 9.99. The lowest BCUT2D eigenvalue weighted by Gasteiger charge is -2.25. The molecule has 3 nitrogen and oxygen atoms in total. The highest BCUT2D eigenvalue weighted by Gasteiger charge is 2.25. The van der Waals surface area contributed by atoms with Crippen molar-refractivity contribution in [2.75, 3.05) is 20.3 Å². The number of ether oxygens (including phenoxy) is 2. The summed E-state index contributed by atoms with van der Waals surface area (Å²) in [6.45, 7) is 6.03. The predicted octanol–water partition coefficient (Wildman–Crippen LogP) is 3.80. The van der Waals surface area contributed by atoms with Crippen molar-refractivity contribution in [1.29, 1.82) is 0 Å². The molecule has 0 aliphatic heterocycles. The molecule has 21 heavy (non-hydrogen) atoms. The van der Waals surface area contributed by atoms with Crippen LogP contribution in [0.5, 0.6) is 11.5 Å². The van der Waals surface area contributed by atoms with E-state index in [1.54, 1.807) is 7.11 Å². The van der Waals surface area contributed by atoms with Gasteiger partial charge in [0.25, 0.3) is 0 Å². The summed E-state index contributed by atoms with van der Waals surface area (Å²) in [6.07, 6.45) is 6.39. The third kappa shape index (κ3) is 4.37. The number of likely N-dealkylation sites (N-methyl/N-ethyl adjacent to an activating group) is 1. The van der Waals surface area contributed by atoms with Gasteiger partial charge in [0.1, 0.15) is 6.61 Å². The van der Waals surface area contributed by atoms with Crippen molar-refractivity contribution in [3.63, 3.8) is 0 Å². The van der Waals surface area contributed by atoms with Gasteiger partial charge in [-0.3, -0.25) is 0 Å². The van der Waals surface area contributed by atoms with E-state index in [0.29, 0.717) is 6.04 Å². The first-order chi connectivity index (χ1) is 10.3. The van der Waals surface area contributed by atoms with Gasteiger partial charge in [0.05, 0.1) is 7.11 Å². The molecule has 1 aromatic rings. The molecule has 1 N–H and O–H groups in total. The lowest BCUT2D eigenvalue weighted by molar-refractivity contribution is 0.212. The van der Waals surface area contributed by atoms with Crippen LogP contribution in [-0.2, 0) is 6.42 Å². The van der Waals surface area contributed by atoms with E-state index in [0.717, 1.165) is 37.0 Å². The summed E-state index contributed by atoms with van der Waals surface area (Å²) in [4.78, 5) is 0. The van der Waals surface area contributed by atoms with E-state index in [-0.39, 0.29) is 0 Å². The molecule has 0 bridgehead atoms. The number of methoxy groups -OCH3 is 1. The van der Waals surface area contributed by atoms with Gasteiger partial charge in [-0.05, 0) is 49.4 Å². The summed E-state index contributed by atoms with van der Waals surface area (Å²) in [5.41, 5.74) is 1.28. The maximum atomic E-state index is 6.07. The molecule has 1 atom stereocenters. The zero-order valence-electron chi connectivity index (χ0n) is 13.7. The van der Waals surface area contributed by atoms with Crippen molar-refractivity contribution < 1.29 is 9.47 Å². The quantitative estimate of drug-likeness (QED) is 0.790. The number of hydrogen-bond donors (Lipinski definition) is 1. The Morgan fingerprint density at radius 2 is 1.95 bits per heavy atom. The molecular weight excluding hydrogens is 262 g/mol. The Bertz CT molecular complexity index is 427. The maximum Gasteiger partial charge on any atom is 0.161 e. The molecular formula is C18H29NO2. The van der Waals surface area contributed by atoms with Gasteiger partial charge in [0.15, 0.2) is 11.5 Å². The first-order valence-corrected chi connectivity index (χ1v) is 8.31. The van der Waals surface area contributed by atoms with Gasteiger partial charge >= 0.3 is 0 Å².